The van der Waals surface area contributed by atoms with Crippen molar-refractivity contribution in [1.82, 2.24) is 9.80 Å². The molecule has 0 saturated heterocycles. The molecule has 10 nitrogen and oxygen atoms in total. The first-order valence-corrected chi connectivity index (χ1v) is 12.6. The second kappa shape index (κ2) is 9.40. The van der Waals surface area contributed by atoms with Crippen molar-refractivity contribution >= 4 is 65.6 Å². The summed E-state index contributed by atoms with van der Waals surface area (Å²) in [5.74, 6) is 0.316. The van der Waals surface area contributed by atoms with E-state index in [0.29, 0.717) is 6.31 Å². The molecule has 0 saturated carbocycles. The molecule has 0 N–H and O–H groups in total. The molecule has 2 aromatic rings. The van der Waals surface area contributed by atoms with E-state index in [4.69, 9.17) is 9.47 Å². The van der Waals surface area contributed by atoms with Crippen LogP contribution in [0, 0.1) is 16.7 Å². The maximum absolute atomic E-state index is 13.1. The Labute approximate surface area is 192 Å². The van der Waals surface area contributed by atoms with Crippen LogP contribution in [0.25, 0.3) is 0 Å². The van der Waals surface area contributed by atoms with Crippen LogP contribution in [0.15, 0.2) is 36.4 Å². The van der Waals surface area contributed by atoms with Gasteiger partial charge < -0.3 is 36.2 Å². The standard InChI is InChI=1S/C18H18I2N4O6/c1-21(2)17(25)29-13-9-5-7-11-15(13)20-23(27)12-8-6-10-14(16(12)24(28)19-11)30-18(26)22(3)4/h5-10H,1-4H3/q-2. The number of anilines is 2. The van der Waals surface area contributed by atoms with Crippen LogP contribution >= 0.6 is 42.0 Å². The number of nitrogens with zero attached hydrogens (tertiary/aromatic N) is 4. The van der Waals surface area contributed by atoms with Crippen LogP contribution in [0.5, 0.6) is 11.5 Å². The van der Waals surface area contributed by atoms with Gasteiger partial charge in [0, 0.05) is 52.3 Å². The number of fused-ring (bicyclic) bond motifs is 2. The van der Waals surface area contributed by atoms with Crippen molar-refractivity contribution in [2.24, 2.45) is 0 Å². The van der Waals surface area contributed by atoms with Gasteiger partial charge >= 0.3 is 12.2 Å². The van der Waals surface area contributed by atoms with Gasteiger partial charge in [0.25, 0.3) is 0 Å². The van der Waals surface area contributed by atoms with Crippen LogP contribution in [0.2, 0.25) is 0 Å². The highest BCUT2D eigenvalue weighted by Crippen LogP contribution is 2.45. The summed E-state index contributed by atoms with van der Waals surface area (Å²) < 4.78 is 13.5. The molecule has 1 aliphatic rings. The highest BCUT2D eigenvalue weighted by molar-refractivity contribution is 14.2. The lowest BCUT2D eigenvalue weighted by atomic mass is 10.2. The molecule has 0 aliphatic carbocycles. The molecule has 30 heavy (non-hydrogen) atoms. The van der Waals surface area contributed by atoms with E-state index in [0.717, 1.165) is 6.55 Å². The Morgan fingerprint density at radius 2 is 1.40 bits per heavy atom. The monoisotopic (exact) mass is 640 g/mol. The summed E-state index contributed by atoms with van der Waals surface area (Å²) in [5, 5.41) is 26.1. The van der Waals surface area contributed by atoms with Crippen molar-refractivity contribution in [3.8, 4) is 11.5 Å². The van der Waals surface area contributed by atoms with Crippen LogP contribution < -0.4 is 16.0 Å². The fourth-order valence-corrected chi connectivity index (χ4v) is 7.53. The third-order valence-electron chi connectivity index (χ3n) is 3.71. The fourth-order valence-electron chi connectivity index (χ4n) is 2.24. The van der Waals surface area contributed by atoms with Gasteiger partial charge in [-0.05, 0) is 45.3 Å². The molecule has 2 aromatic carbocycles. The Kier molecular flexibility index (Phi) is 7.10. The Hall–Kier alpha value is -2.04. The Balaban J connectivity index is 2.15. The van der Waals surface area contributed by atoms with Crippen molar-refractivity contribution in [2.45, 2.75) is 0 Å². The van der Waals surface area contributed by atoms with E-state index >= 15 is 0 Å². The molecule has 1 aliphatic heterocycles. The first kappa shape index (κ1) is 22.6. The lowest BCUT2D eigenvalue weighted by Gasteiger charge is -2.36. The van der Waals surface area contributed by atoms with Gasteiger partial charge in [-0.1, -0.05) is 12.1 Å². The minimum absolute atomic E-state index is 0.0319. The minimum atomic E-state index is -1.35. The number of hydrogen-bond acceptors (Lipinski definition) is 8. The van der Waals surface area contributed by atoms with Gasteiger partial charge in [-0.2, -0.15) is 0 Å². The zero-order valence-electron chi connectivity index (χ0n) is 16.5. The number of carbonyl (C=O) groups excluding carboxylic acids is 2. The molecule has 1 heterocycles. The lowest BCUT2D eigenvalue weighted by Crippen LogP contribution is -2.26. The van der Waals surface area contributed by atoms with Crippen LogP contribution in [0.4, 0.5) is 21.0 Å². The number of rotatable bonds is 2. The number of hydrogen-bond donors (Lipinski definition) is 0. The maximum Gasteiger partial charge on any atom is 0.414 e. The molecule has 3 rings (SSSR count). The van der Waals surface area contributed by atoms with Crippen molar-refractivity contribution in [1.29, 1.82) is 0 Å². The molecule has 0 fully saturated rings. The number of ether oxygens (including phenoxy) is 2. The van der Waals surface area contributed by atoms with E-state index in [-0.39, 0.29) is 22.9 Å². The number of para-hydroxylation sites is 1. The van der Waals surface area contributed by atoms with Crippen LogP contribution in [-0.4, -0.2) is 50.2 Å². The van der Waals surface area contributed by atoms with Gasteiger partial charge in [-0.3, -0.25) is 0 Å². The van der Waals surface area contributed by atoms with Crippen molar-refractivity contribution < 1.29 is 19.1 Å². The highest BCUT2D eigenvalue weighted by Gasteiger charge is 2.18. The van der Waals surface area contributed by atoms with Gasteiger partial charge in [0.1, 0.15) is 11.4 Å². The number of amides is 2. The summed E-state index contributed by atoms with van der Waals surface area (Å²) in [6.45, 7) is 0. The molecule has 12 heteroatoms. The predicted octanol–water partition coefficient (Wildman–Crippen LogP) is 4.40. The molecule has 162 valence electrons. The molecule has 0 aromatic heterocycles. The van der Waals surface area contributed by atoms with E-state index in [1.807, 2.05) is 0 Å². The van der Waals surface area contributed by atoms with Crippen LogP contribution in [-0.2, 0) is 0 Å². The van der Waals surface area contributed by atoms with Gasteiger partial charge in [-0.25, -0.2) is 9.59 Å². The molecule has 0 spiro atoms. The van der Waals surface area contributed by atoms with Crippen molar-refractivity contribution in [3.05, 3.63) is 53.1 Å². The first-order valence-electron chi connectivity index (χ1n) is 8.48. The minimum Gasteiger partial charge on any atom is -0.750 e. The summed E-state index contributed by atoms with van der Waals surface area (Å²) in [6.07, 6.45) is -1.22. The number of carbonyl (C=O) groups is 2. The third-order valence-corrected chi connectivity index (χ3v) is 9.64. The van der Waals surface area contributed by atoms with E-state index in [1.54, 1.807) is 38.4 Å². The van der Waals surface area contributed by atoms with E-state index < -0.39 is 54.2 Å². The Morgan fingerprint density at radius 3 is 2.03 bits per heavy atom. The van der Waals surface area contributed by atoms with Crippen molar-refractivity contribution in [2.75, 3.05) is 34.7 Å². The largest absolute Gasteiger partial charge is 0.750 e. The summed E-state index contributed by atoms with van der Waals surface area (Å²) in [7, 11) is 6.16. The SMILES string of the molecule is CN(C)C(=O)Oc1cccc2c1N([O-])I=c1cccc(OC(=O)N(C)C)c1=IN2[O-]. The highest BCUT2D eigenvalue weighted by atomic mass is 127. The number of halogens is 2. The van der Waals surface area contributed by atoms with E-state index in [2.05, 4.69) is 0 Å². The average molecular weight is 640 g/mol. The zero-order valence-corrected chi connectivity index (χ0v) is 20.8. The van der Waals surface area contributed by atoms with E-state index in [9.17, 15) is 20.0 Å². The quantitative estimate of drug-likeness (QED) is 0.351. The predicted molar refractivity (Wildman–Crippen MR) is 130 cm³/mol. The molecule has 0 bridgehead atoms. The summed E-state index contributed by atoms with van der Waals surface area (Å²) in [4.78, 5) is 26.5. The van der Waals surface area contributed by atoms with Crippen LogP contribution in [0.1, 0.15) is 0 Å². The fraction of sp³-hybridized carbons (Fsp3) is 0.222. The number of benzene rings is 2. The topological polar surface area (TPSA) is 112 Å². The van der Waals surface area contributed by atoms with Crippen LogP contribution in [0.3, 0.4) is 0 Å². The zero-order chi connectivity index (χ0) is 22.0. The van der Waals surface area contributed by atoms with E-state index in [1.165, 1.54) is 36.0 Å². The third kappa shape index (κ3) is 4.81. The molecular weight excluding hydrogens is 622 g/mol. The second-order valence-corrected chi connectivity index (χ2v) is 11.3. The smallest absolute Gasteiger partial charge is 0.414 e. The lowest BCUT2D eigenvalue weighted by molar-refractivity contribution is 0.171. The maximum atomic E-state index is 13.1. The van der Waals surface area contributed by atoms with Crippen molar-refractivity contribution in [3.63, 3.8) is 0 Å². The van der Waals surface area contributed by atoms with Gasteiger partial charge in [0.05, 0.1) is 8.84 Å². The normalized spacial score (nSPS) is 12.9. The van der Waals surface area contributed by atoms with Gasteiger partial charge in [0.15, 0.2) is 5.75 Å². The summed E-state index contributed by atoms with van der Waals surface area (Å²) >= 11 is -2.66. The molecular formula is C18H18I2N4O6-2. The summed E-state index contributed by atoms with van der Waals surface area (Å²) in [6, 6.07) is 9.61. The molecule has 0 unspecified atom stereocenters. The molecule has 2 amide bonds. The average Bonchev–Trinajstić information content (AvgIpc) is 2.68. The van der Waals surface area contributed by atoms with Gasteiger partial charge in [0.2, 0.25) is 0 Å². The Morgan fingerprint density at radius 1 is 0.833 bits per heavy atom. The van der Waals surface area contributed by atoms with Gasteiger partial charge in [-0.15, -0.1) is 0 Å². The molecule has 0 atom stereocenters. The Bertz CT molecular complexity index is 1110. The second-order valence-electron chi connectivity index (χ2n) is 6.36. The summed E-state index contributed by atoms with van der Waals surface area (Å²) in [5.41, 5.74) is 0.164. The first-order chi connectivity index (χ1) is 14.2. The molecule has 0 radical (unpaired) electrons.